The maximum atomic E-state index is 5.97. The molecule has 1 rings (SSSR count). The highest BCUT2D eigenvalue weighted by atomic mass is 14.6. The van der Waals surface area contributed by atoms with Crippen LogP contribution in [0, 0.1) is 13.8 Å². The molecular formula is C15H25N. The lowest BCUT2D eigenvalue weighted by atomic mass is 9.90. The molecule has 90 valence electrons. The Kier molecular flexibility index (Phi) is 5.01. The van der Waals surface area contributed by atoms with Gasteiger partial charge in [0.15, 0.2) is 0 Å². The molecule has 1 aromatic carbocycles. The first kappa shape index (κ1) is 13.2. The lowest BCUT2D eigenvalue weighted by Crippen LogP contribution is -2.19. The van der Waals surface area contributed by atoms with Crippen molar-refractivity contribution in [1.82, 2.24) is 0 Å². The van der Waals surface area contributed by atoms with E-state index in [9.17, 15) is 0 Å². The van der Waals surface area contributed by atoms with Crippen LogP contribution in [-0.2, 0) is 0 Å². The highest BCUT2D eigenvalue weighted by Gasteiger charge is 2.10. The average Bonchev–Trinajstić information content (AvgIpc) is 2.28. The molecular weight excluding hydrogens is 194 g/mol. The molecule has 0 saturated carbocycles. The van der Waals surface area contributed by atoms with Crippen LogP contribution in [0.2, 0.25) is 0 Å². The molecule has 0 spiro atoms. The standard InChI is InChI=1S/C15H25N/c1-5-14(16)9-8-13(4)15-10-11(2)6-7-12(15)3/h6-7,10,13-14H,5,8-9,16H2,1-4H3. The van der Waals surface area contributed by atoms with Crippen LogP contribution in [0.5, 0.6) is 0 Å². The summed E-state index contributed by atoms with van der Waals surface area (Å²) >= 11 is 0. The van der Waals surface area contributed by atoms with E-state index in [1.807, 2.05) is 0 Å². The van der Waals surface area contributed by atoms with Crippen LogP contribution < -0.4 is 5.73 Å². The van der Waals surface area contributed by atoms with E-state index in [2.05, 4.69) is 45.9 Å². The molecule has 0 fully saturated rings. The van der Waals surface area contributed by atoms with Crippen molar-refractivity contribution >= 4 is 0 Å². The summed E-state index contributed by atoms with van der Waals surface area (Å²) in [5.41, 5.74) is 10.2. The van der Waals surface area contributed by atoms with E-state index in [1.54, 1.807) is 0 Å². The Labute approximate surface area is 100 Å². The van der Waals surface area contributed by atoms with E-state index in [4.69, 9.17) is 5.73 Å². The van der Waals surface area contributed by atoms with Gasteiger partial charge in [0.2, 0.25) is 0 Å². The van der Waals surface area contributed by atoms with Crippen molar-refractivity contribution in [2.45, 2.75) is 58.9 Å². The zero-order valence-corrected chi connectivity index (χ0v) is 11.1. The van der Waals surface area contributed by atoms with E-state index in [1.165, 1.54) is 23.1 Å². The van der Waals surface area contributed by atoms with Gasteiger partial charge in [-0.1, -0.05) is 37.6 Å². The summed E-state index contributed by atoms with van der Waals surface area (Å²) < 4.78 is 0. The Balaban J connectivity index is 2.65. The zero-order valence-electron chi connectivity index (χ0n) is 11.1. The Bertz CT molecular complexity index is 330. The minimum Gasteiger partial charge on any atom is -0.328 e. The number of rotatable bonds is 5. The first-order valence-corrected chi connectivity index (χ1v) is 6.37. The lowest BCUT2D eigenvalue weighted by molar-refractivity contribution is 0.529. The smallest absolute Gasteiger partial charge is 0.00364 e. The normalized spacial score (nSPS) is 14.8. The summed E-state index contributed by atoms with van der Waals surface area (Å²) in [6.45, 7) is 8.83. The summed E-state index contributed by atoms with van der Waals surface area (Å²) in [4.78, 5) is 0. The third-order valence-electron chi connectivity index (χ3n) is 3.46. The number of aryl methyl sites for hydroxylation is 2. The van der Waals surface area contributed by atoms with Crippen molar-refractivity contribution in [2.24, 2.45) is 5.73 Å². The van der Waals surface area contributed by atoms with Crippen molar-refractivity contribution in [3.63, 3.8) is 0 Å². The third-order valence-corrected chi connectivity index (χ3v) is 3.46. The van der Waals surface area contributed by atoms with Gasteiger partial charge in [-0.25, -0.2) is 0 Å². The molecule has 2 unspecified atom stereocenters. The molecule has 0 aliphatic heterocycles. The monoisotopic (exact) mass is 219 g/mol. The maximum absolute atomic E-state index is 5.97. The third kappa shape index (κ3) is 3.64. The molecule has 16 heavy (non-hydrogen) atoms. The van der Waals surface area contributed by atoms with Crippen LogP contribution in [0.15, 0.2) is 18.2 Å². The molecule has 0 saturated heterocycles. The predicted octanol–water partition coefficient (Wildman–Crippen LogP) is 3.92. The predicted molar refractivity (Wildman–Crippen MR) is 71.8 cm³/mol. The molecule has 0 bridgehead atoms. The first-order valence-electron chi connectivity index (χ1n) is 6.37. The average molecular weight is 219 g/mol. The topological polar surface area (TPSA) is 26.0 Å². The second kappa shape index (κ2) is 6.05. The van der Waals surface area contributed by atoms with Gasteiger partial charge < -0.3 is 5.73 Å². The van der Waals surface area contributed by atoms with Crippen molar-refractivity contribution in [3.05, 3.63) is 34.9 Å². The highest BCUT2D eigenvalue weighted by molar-refractivity contribution is 5.32. The van der Waals surface area contributed by atoms with E-state index < -0.39 is 0 Å². The van der Waals surface area contributed by atoms with Gasteiger partial charge in [0.1, 0.15) is 0 Å². The van der Waals surface area contributed by atoms with Crippen molar-refractivity contribution < 1.29 is 0 Å². The summed E-state index contributed by atoms with van der Waals surface area (Å²) in [5, 5.41) is 0. The molecule has 0 heterocycles. The molecule has 0 aliphatic rings. The second-order valence-electron chi connectivity index (χ2n) is 5.01. The number of hydrogen-bond acceptors (Lipinski definition) is 1. The van der Waals surface area contributed by atoms with E-state index >= 15 is 0 Å². The molecule has 0 aromatic heterocycles. The van der Waals surface area contributed by atoms with E-state index in [0.29, 0.717) is 12.0 Å². The van der Waals surface area contributed by atoms with E-state index in [-0.39, 0.29) is 0 Å². The van der Waals surface area contributed by atoms with Crippen LogP contribution >= 0.6 is 0 Å². The van der Waals surface area contributed by atoms with Crippen molar-refractivity contribution in [3.8, 4) is 0 Å². The largest absolute Gasteiger partial charge is 0.328 e. The Hall–Kier alpha value is -0.820. The molecule has 2 atom stereocenters. The summed E-state index contributed by atoms with van der Waals surface area (Å²) in [6, 6.07) is 7.09. The molecule has 1 nitrogen and oxygen atoms in total. The Morgan fingerprint density at radius 2 is 1.88 bits per heavy atom. The molecule has 2 N–H and O–H groups in total. The quantitative estimate of drug-likeness (QED) is 0.798. The molecule has 0 radical (unpaired) electrons. The van der Waals surface area contributed by atoms with Gasteiger partial charge in [-0.15, -0.1) is 0 Å². The van der Waals surface area contributed by atoms with Gasteiger partial charge in [0.25, 0.3) is 0 Å². The summed E-state index contributed by atoms with van der Waals surface area (Å²) in [6.07, 6.45) is 3.41. The second-order valence-corrected chi connectivity index (χ2v) is 5.01. The number of nitrogens with two attached hydrogens (primary N) is 1. The fourth-order valence-corrected chi connectivity index (χ4v) is 2.11. The number of hydrogen-bond donors (Lipinski definition) is 1. The van der Waals surface area contributed by atoms with Gasteiger partial charge in [-0.2, -0.15) is 0 Å². The highest BCUT2D eigenvalue weighted by Crippen LogP contribution is 2.25. The van der Waals surface area contributed by atoms with Gasteiger partial charge >= 0.3 is 0 Å². The van der Waals surface area contributed by atoms with Crippen LogP contribution in [0.4, 0.5) is 0 Å². The molecule has 0 amide bonds. The van der Waals surface area contributed by atoms with Crippen LogP contribution in [-0.4, -0.2) is 6.04 Å². The van der Waals surface area contributed by atoms with Crippen LogP contribution in [0.3, 0.4) is 0 Å². The zero-order chi connectivity index (χ0) is 12.1. The van der Waals surface area contributed by atoms with Crippen molar-refractivity contribution in [2.75, 3.05) is 0 Å². The summed E-state index contributed by atoms with van der Waals surface area (Å²) in [7, 11) is 0. The molecule has 1 heteroatoms. The molecule has 0 aliphatic carbocycles. The van der Waals surface area contributed by atoms with Gasteiger partial charge in [-0.05, 0) is 50.2 Å². The van der Waals surface area contributed by atoms with Crippen LogP contribution in [0.25, 0.3) is 0 Å². The molecule has 1 aromatic rings. The fraction of sp³-hybridized carbons (Fsp3) is 0.600. The fourth-order valence-electron chi connectivity index (χ4n) is 2.11. The minimum absolute atomic E-state index is 0.368. The lowest BCUT2D eigenvalue weighted by Gasteiger charge is -2.17. The van der Waals surface area contributed by atoms with Gasteiger partial charge in [-0.3, -0.25) is 0 Å². The summed E-state index contributed by atoms with van der Waals surface area (Å²) in [5.74, 6) is 0.623. The number of benzene rings is 1. The first-order chi connectivity index (χ1) is 7.54. The van der Waals surface area contributed by atoms with Crippen LogP contribution in [0.1, 0.15) is 55.7 Å². The van der Waals surface area contributed by atoms with Crippen molar-refractivity contribution in [1.29, 1.82) is 0 Å². The minimum atomic E-state index is 0.368. The Morgan fingerprint density at radius 3 is 2.50 bits per heavy atom. The Morgan fingerprint density at radius 1 is 1.19 bits per heavy atom. The SMILES string of the molecule is CCC(N)CCC(C)c1cc(C)ccc1C. The van der Waals surface area contributed by atoms with Gasteiger partial charge in [0.05, 0.1) is 0 Å². The van der Waals surface area contributed by atoms with E-state index in [0.717, 1.165) is 12.8 Å². The van der Waals surface area contributed by atoms with Gasteiger partial charge in [0, 0.05) is 6.04 Å². The maximum Gasteiger partial charge on any atom is 0.00364 e.